The van der Waals surface area contributed by atoms with Crippen LogP contribution in [0.2, 0.25) is 0 Å². The van der Waals surface area contributed by atoms with E-state index in [0.717, 1.165) is 0 Å². The number of hydrogen-bond donors (Lipinski definition) is 4. The molecule has 9 rings (SSSR count). The molecule has 8 unspecified atom stereocenters. The van der Waals surface area contributed by atoms with Gasteiger partial charge < -0.3 is 21.3 Å². The minimum absolute atomic E-state index is 0.416. The van der Waals surface area contributed by atoms with Crippen LogP contribution in [-0.4, -0.2) is 73.0 Å². The predicted octanol–water partition coefficient (Wildman–Crippen LogP) is 10.8. The van der Waals surface area contributed by atoms with Crippen molar-refractivity contribution in [1.82, 2.24) is 21.3 Å². The largest absolute Gasteiger partial charge is 0.310 e. The van der Waals surface area contributed by atoms with Crippen molar-refractivity contribution in [3.63, 3.8) is 0 Å². The summed E-state index contributed by atoms with van der Waals surface area (Å²) in [6.45, 7) is 0. The van der Waals surface area contributed by atoms with Gasteiger partial charge in [0, 0.05) is 94.3 Å². The maximum absolute atomic E-state index is 16.1. The van der Waals surface area contributed by atoms with E-state index < -0.39 is 263 Å². The zero-order valence-electron chi connectivity index (χ0n) is 34.5. The van der Waals surface area contributed by atoms with Gasteiger partial charge in [0.2, 0.25) is 11.6 Å². The fourth-order valence-corrected chi connectivity index (χ4v) is 12.3. The van der Waals surface area contributed by atoms with Crippen molar-refractivity contribution in [1.29, 1.82) is 0 Å². The first kappa shape index (κ1) is 48.8. The van der Waals surface area contributed by atoms with Crippen molar-refractivity contribution in [2.75, 3.05) is 0 Å². The van der Waals surface area contributed by atoms with E-state index >= 15 is 70.2 Å². The van der Waals surface area contributed by atoms with E-state index in [1.165, 1.54) is 0 Å². The Morgan fingerprint density at radius 2 is 0.456 bits per heavy atom. The number of hydrogen-bond acceptors (Lipinski definition) is 4. The second-order valence-corrected chi connectivity index (χ2v) is 18.4. The minimum Gasteiger partial charge on any atom is -0.310 e. The summed E-state index contributed by atoms with van der Waals surface area (Å²) < 4.78 is 307. The molecule has 24 heteroatoms. The van der Waals surface area contributed by atoms with E-state index in [2.05, 4.69) is 21.3 Å². The van der Waals surface area contributed by atoms with Gasteiger partial charge in [-0.2, -0.15) is 0 Å². The highest BCUT2D eigenvalue weighted by Crippen LogP contribution is 2.51. The second-order valence-electron chi connectivity index (χ2n) is 18.4. The molecule has 12 atom stereocenters. The Labute approximate surface area is 372 Å². The normalized spacial score (nSPS) is 37.9. The third-order valence-electron chi connectivity index (χ3n) is 15.1. The average molecular weight is 1000 g/mol. The van der Waals surface area contributed by atoms with Crippen molar-refractivity contribution in [2.45, 2.75) is 136 Å². The molecule has 5 heterocycles. The zero-order chi connectivity index (χ0) is 49.3. The molecule has 4 nitrogen and oxygen atoms in total. The standard InChI is InChI=1S/C44H36F20N4/c45-25-21(26(46)34(54)41(61)33(25)53)17-9-1-2-10(65-9)18(22-27(47)35(55)42(62)36(56)28(22)48)12-5-6-14(67-12)20(24-31(51)39(59)44(64)40(60)32(24)52)16-8-7-15(68-16)19(13-4-3-11(17)66-13)23-29(49)37(57)43(63)38(58)30(23)50/h9-20,25,31,33,39,65-68H,1-8H2/t9?,10?,11?,12?,13?,14?,15?,16?,17?,18?,19?,20?,25-,31-,33-,39-/m0/s1. The molecule has 7 aliphatic rings. The van der Waals surface area contributed by atoms with Gasteiger partial charge in [0.05, 0.1) is 0 Å². The second kappa shape index (κ2) is 17.9. The summed E-state index contributed by atoms with van der Waals surface area (Å²) in [5.41, 5.74) is -5.65. The molecule has 0 spiro atoms. The lowest BCUT2D eigenvalue weighted by atomic mass is 9.78. The van der Waals surface area contributed by atoms with Gasteiger partial charge in [-0.15, -0.1) is 0 Å². The SMILES string of the molecule is FC1=C(F)[C@@H](F)[C@@H](F)C(C2C3CCC(N3)C(c3c(F)c(F)c(F)c(F)c3F)C3CCC(N3)C(C3=C(F)C(F)=C(F)[C@@H](F)[C@H]3F)C3CCC(N3)C(c3c(F)c(F)c(F)c(F)c3F)C3CCC2N3)=C1F. The molecule has 372 valence electrons. The van der Waals surface area contributed by atoms with Crippen LogP contribution in [0.25, 0.3) is 0 Å². The first-order valence-electron chi connectivity index (χ1n) is 21.6. The van der Waals surface area contributed by atoms with Gasteiger partial charge in [-0.3, -0.25) is 0 Å². The van der Waals surface area contributed by atoms with Gasteiger partial charge in [0.1, 0.15) is 0 Å². The first-order chi connectivity index (χ1) is 32.1. The molecule has 0 radical (unpaired) electrons. The van der Waals surface area contributed by atoms with E-state index in [4.69, 9.17) is 0 Å². The fourth-order valence-electron chi connectivity index (χ4n) is 12.3. The number of halogens is 20. The topological polar surface area (TPSA) is 48.1 Å². The highest BCUT2D eigenvalue weighted by atomic mass is 19.2. The molecule has 5 saturated heterocycles. The maximum Gasteiger partial charge on any atom is 0.200 e. The summed E-state index contributed by atoms with van der Waals surface area (Å²) in [5.74, 6) is -46.3. The van der Waals surface area contributed by atoms with Crippen LogP contribution in [0.3, 0.4) is 0 Å². The fraction of sp³-hybridized carbons (Fsp3) is 0.545. The number of benzene rings is 2. The zero-order valence-corrected chi connectivity index (χ0v) is 34.5. The smallest absolute Gasteiger partial charge is 0.200 e. The van der Waals surface area contributed by atoms with Crippen LogP contribution in [0.4, 0.5) is 87.8 Å². The van der Waals surface area contributed by atoms with E-state index in [1.807, 2.05) is 0 Å². The summed E-state index contributed by atoms with van der Waals surface area (Å²) in [4.78, 5) is 0. The molecular weight excluding hydrogens is 964 g/mol. The molecule has 5 fully saturated rings. The molecule has 0 aromatic heterocycles. The summed E-state index contributed by atoms with van der Waals surface area (Å²) >= 11 is 0. The number of alkyl halides is 4. The third-order valence-corrected chi connectivity index (χ3v) is 15.1. The van der Waals surface area contributed by atoms with Crippen LogP contribution in [0, 0.1) is 70.0 Å². The van der Waals surface area contributed by atoms with Gasteiger partial charge in [0.15, 0.2) is 106 Å². The quantitative estimate of drug-likeness (QED) is 0.140. The maximum atomic E-state index is 16.1. The Hall–Kier alpha value is -4.16. The molecule has 68 heavy (non-hydrogen) atoms. The van der Waals surface area contributed by atoms with Gasteiger partial charge in [-0.1, -0.05) is 0 Å². The van der Waals surface area contributed by atoms with E-state index in [0.29, 0.717) is 0 Å². The van der Waals surface area contributed by atoms with Gasteiger partial charge in [-0.25, -0.2) is 87.8 Å². The van der Waals surface area contributed by atoms with E-state index in [9.17, 15) is 17.6 Å². The van der Waals surface area contributed by atoms with Crippen molar-refractivity contribution in [3.05, 3.63) is 115 Å². The third kappa shape index (κ3) is 7.40. The van der Waals surface area contributed by atoms with Crippen LogP contribution >= 0.6 is 0 Å². The van der Waals surface area contributed by atoms with Crippen molar-refractivity contribution in [3.8, 4) is 0 Å². The Balaban J connectivity index is 1.25. The molecule has 0 amide bonds. The summed E-state index contributed by atoms with van der Waals surface area (Å²) in [6, 6.07) is -12.4. The average Bonchev–Trinajstić information content (AvgIpc) is 4.18. The summed E-state index contributed by atoms with van der Waals surface area (Å²) in [6.07, 6.45) is -16.8. The van der Waals surface area contributed by atoms with Crippen LogP contribution in [0.1, 0.15) is 74.3 Å². The molecule has 5 aliphatic heterocycles. The van der Waals surface area contributed by atoms with Crippen molar-refractivity contribution >= 4 is 0 Å². The number of rotatable bonds is 4. The van der Waals surface area contributed by atoms with Crippen molar-refractivity contribution in [2.24, 2.45) is 11.8 Å². The molecule has 2 aliphatic carbocycles. The number of allylic oxidation sites excluding steroid dienone is 6. The van der Waals surface area contributed by atoms with Crippen LogP contribution < -0.4 is 21.3 Å². The predicted molar refractivity (Wildman–Crippen MR) is 199 cm³/mol. The molecule has 8 bridgehead atoms. The number of nitrogens with one attached hydrogen (secondary N) is 4. The summed E-state index contributed by atoms with van der Waals surface area (Å²) in [5, 5.41) is 11.3. The van der Waals surface area contributed by atoms with Gasteiger partial charge >= 0.3 is 0 Å². The van der Waals surface area contributed by atoms with Gasteiger partial charge in [0.25, 0.3) is 0 Å². The Morgan fingerprint density at radius 1 is 0.250 bits per heavy atom. The minimum atomic E-state index is -3.45. The lowest BCUT2D eigenvalue weighted by molar-refractivity contribution is 0.155. The lowest BCUT2D eigenvalue weighted by Crippen LogP contribution is -2.55. The Bertz CT molecular complexity index is 2270. The Kier molecular flexibility index (Phi) is 12.9. The monoisotopic (exact) mass is 1000 g/mol. The van der Waals surface area contributed by atoms with Gasteiger partial charge in [-0.05, 0) is 51.4 Å². The van der Waals surface area contributed by atoms with E-state index in [-0.39, 0.29) is 0 Å². The number of fused-ring (bicyclic) bond motifs is 8. The summed E-state index contributed by atoms with van der Waals surface area (Å²) in [7, 11) is 0. The van der Waals surface area contributed by atoms with E-state index in [1.54, 1.807) is 0 Å². The highest BCUT2D eigenvalue weighted by molar-refractivity contribution is 5.43. The highest BCUT2D eigenvalue weighted by Gasteiger charge is 2.56. The molecule has 0 saturated carbocycles. The molecular formula is C44H36F20N4. The van der Waals surface area contributed by atoms with Crippen LogP contribution in [0.15, 0.2) is 46.1 Å². The lowest BCUT2D eigenvalue weighted by Gasteiger charge is -2.40. The van der Waals surface area contributed by atoms with Crippen LogP contribution in [0.5, 0.6) is 0 Å². The molecule has 2 aromatic carbocycles. The molecule has 4 N–H and O–H groups in total. The first-order valence-corrected chi connectivity index (χ1v) is 21.6. The Morgan fingerprint density at radius 3 is 0.691 bits per heavy atom. The van der Waals surface area contributed by atoms with Crippen LogP contribution in [-0.2, 0) is 0 Å². The molecule has 2 aromatic rings. The van der Waals surface area contributed by atoms with Crippen molar-refractivity contribution < 1.29 is 87.8 Å².